The van der Waals surface area contributed by atoms with Crippen LogP contribution in [0.2, 0.25) is 0 Å². The molecular weight excluding hydrogens is 418 g/mol. The molecule has 0 unspecified atom stereocenters. The number of hydrogen-bond donors (Lipinski definition) is 0. The van der Waals surface area contributed by atoms with Crippen LogP contribution in [0.5, 0.6) is 0 Å². The van der Waals surface area contributed by atoms with Crippen LogP contribution in [0.3, 0.4) is 0 Å². The van der Waals surface area contributed by atoms with Crippen LogP contribution in [-0.4, -0.2) is 43.4 Å². The number of amides is 1. The number of piperidine rings is 1. The fourth-order valence-electron chi connectivity index (χ4n) is 3.98. The quantitative estimate of drug-likeness (QED) is 0.656. The van der Waals surface area contributed by atoms with Crippen LogP contribution in [0.1, 0.15) is 35.2 Å². The van der Waals surface area contributed by atoms with Gasteiger partial charge in [0, 0.05) is 29.8 Å². The summed E-state index contributed by atoms with van der Waals surface area (Å²) < 4.78 is 0.856. The molecule has 6 heteroatoms. The summed E-state index contributed by atoms with van der Waals surface area (Å²) in [6.45, 7) is 3.36. The highest BCUT2D eigenvalue weighted by Crippen LogP contribution is 2.32. The minimum absolute atomic E-state index is 0.377. The molecule has 2 aliphatic heterocycles. The number of carbonyl (C=O) groups is 2. The van der Waals surface area contributed by atoms with Crippen molar-refractivity contribution in [3.05, 3.63) is 58.1 Å². The van der Waals surface area contributed by atoms with Crippen molar-refractivity contribution < 1.29 is 9.59 Å². The first-order valence-corrected chi connectivity index (χ1v) is 10.5. The van der Waals surface area contributed by atoms with Gasteiger partial charge in [0.05, 0.1) is 17.9 Å². The van der Waals surface area contributed by atoms with Crippen LogP contribution < -0.4 is 9.80 Å². The number of fused-ring (bicyclic) bond motifs is 1. The molecule has 2 heterocycles. The topological polar surface area (TPSA) is 43.9 Å². The van der Waals surface area contributed by atoms with E-state index in [0.717, 1.165) is 17.6 Å². The van der Waals surface area contributed by atoms with E-state index >= 15 is 0 Å². The molecule has 0 atom stereocenters. The van der Waals surface area contributed by atoms with Gasteiger partial charge in [-0.1, -0.05) is 28.1 Å². The van der Waals surface area contributed by atoms with Gasteiger partial charge < -0.3 is 4.90 Å². The zero-order chi connectivity index (χ0) is 19.7. The van der Waals surface area contributed by atoms with Gasteiger partial charge in [-0.15, -0.1) is 0 Å². The lowest BCUT2D eigenvalue weighted by atomic mass is 10.1. The number of Topliss-reactive ketones (excluding diaryl/α,β-unsaturated/α-hetero) is 1. The molecule has 2 aromatic rings. The summed E-state index contributed by atoms with van der Waals surface area (Å²) in [5.74, 6) is -0.887. The number of rotatable bonds is 5. The lowest BCUT2D eigenvalue weighted by molar-refractivity contribution is -0.114. The first-order chi connectivity index (χ1) is 13.5. The monoisotopic (exact) mass is 441 g/mol. The molecule has 5 nitrogen and oxygen atoms in total. The molecule has 0 aliphatic carbocycles. The molecule has 0 radical (unpaired) electrons. The highest BCUT2D eigenvalue weighted by molar-refractivity contribution is 9.10. The van der Waals surface area contributed by atoms with Crippen LogP contribution in [0.25, 0.3) is 0 Å². The maximum atomic E-state index is 12.4. The lowest BCUT2D eigenvalue weighted by Crippen LogP contribution is -2.38. The first kappa shape index (κ1) is 19.2. The molecule has 4 rings (SSSR count). The smallest absolute Gasteiger partial charge is 0.300 e. The summed E-state index contributed by atoms with van der Waals surface area (Å²) in [6, 6.07) is 14.0. The van der Waals surface area contributed by atoms with E-state index < -0.39 is 11.7 Å². The molecule has 1 fully saturated rings. The highest BCUT2D eigenvalue weighted by Gasteiger charge is 2.36. The van der Waals surface area contributed by atoms with Crippen molar-refractivity contribution in [1.82, 2.24) is 4.90 Å². The Morgan fingerprint density at radius 1 is 1.00 bits per heavy atom. The highest BCUT2D eigenvalue weighted by atomic mass is 79.9. The van der Waals surface area contributed by atoms with Crippen molar-refractivity contribution in [3.63, 3.8) is 0 Å². The largest absolute Gasteiger partial charge is 0.372 e. The third-order valence-corrected chi connectivity index (χ3v) is 5.92. The summed E-state index contributed by atoms with van der Waals surface area (Å²) in [7, 11) is 1.96. The Labute approximate surface area is 174 Å². The fraction of sp³-hybridized carbons (Fsp3) is 0.364. The second-order valence-electron chi connectivity index (χ2n) is 7.59. The molecule has 0 N–H and O–H groups in total. The second kappa shape index (κ2) is 8.05. The number of carbonyl (C=O) groups excluding carboxylic acids is 2. The van der Waals surface area contributed by atoms with Crippen molar-refractivity contribution in [1.29, 1.82) is 0 Å². The molecule has 2 aliphatic rings. The van der Waals surface area contributed by atoms with E-state index in [1.807, 2.05) is 13.1 Å². The SMILES string of the molecule is CN(Cc1ccc(N2CCCCC2)cc1)CN1C(=O)C(=O)c2ccc(Br)cc21. The summed E-state index contributed by atoms with van der Waals surface area (Å²) >= 11 is 3.42. The van der Waals surface area contributed by atoms with Gasteiger partial charge in [0.25, 0.3) is 5.78 Å². The van der Waals surface area contributed by atoms with E-state index in [0.29, 0.717) is 24.5 Å². The third-order valence-electron chi connectivity index (χ3n) is 5.43. The van der Waals surface area contributed by atoms with Crippen LogP contribution in [0, 0.1) is 0 Å². The van der Waals surface area contributed by atoms with Gasteiger partial charge in [-0.3, -0.25) is 19.4 Å². The normalized spacial score (nSPS) is 16.8. The van der Waals surface area contributed by atoms with E-state index in [2.05, 4.69) is 50.0 Å². The Morgan fingerprint density at radius 3 is 2.43 bits per heavy atom. The average Bonchev–Trinajstić information content (AvgIpc) is 2.93. The van der Waals surface area contributed by atoms with Crippen molar-refractivity contribution in [2.75, 3.05) is 36.6 Å². The number of benzene rings is 2. The third kappa shape index (κ3) is 3.84. The maximum absolute atomic E-state index is 12.4. The summed E-state index contributed by atoms with van der Waals surface area (Å²) in [4.78, 5) is 30.7. The van der Waals surface area contributed by atoms with E-state index in [4.69, 9.17) is 0 Å². The van der Waals surface area contributed by atoms with E-state index in [9.17, 15) is 9.59 Å². The van der Waals surface area contributed by atoms with Crippen molar-refractivity contribution in [3.8, 4) is 0 Å². The predicted octanol–water partition coefficient (Wildman–Crippen LogP) is 4.06. The van der Waals surface area contributed by atoms with Gasteiger partial charge in [0.15, 0.2) is 0 Å². The zero-order valence-electron chi connectivity index (χ0n) is 16.0. The van der Waals surface area contributed by atoms with Gasteiger partial charge in [0.2, 0.25) is 0 Å². The summed E-state index contributed by atoms with van der Waals surface area (Å²) in [5, 5.41) is 0. The van der Waals surface area contributed by atoms with Gasteiger partial charge >= 0.3 is 5.91 Å². The van der Waals surface area contributed by atoms with E-state index in [1.165, 1.54) is 30.5 Å². The van der Waals surface area contributed by atoms with Crippen molar-refractivity contribution in [2.45, 2.75) is 25.8 Å². The minimum Gasteiger partial charge on any atom is -0.372 e. The molecule has 0 aromatic heterocycles. The molecule has 0 bridgehead atoms. The average molecular weight is 442 g/mol. The van der Waals surface area contributed by atoms with Crippen LogP contribution in [0.4, 0.5) is 11.4 Å². The number of nitrogens with zero attached hydrogens (tertiary/aromatic N) is 3. The van der Waals surface area contributed by atoms with Crippen LogP contribution in [-0.2, 0) is 11.3 Å². The number of ketones is 1. The first-order valence-electron chi connectivity index (χ1n) is 9.71. The van der Waals surface area contributed by atoms with Gasteiger partial charge in [0.1, 0.15) is 0 Å². The van der Waals surface area contributed by atoms with Gasteiger partial charge in [-0.25, -0.2) is 0 Å². The second-order valence-corrected chi connectivity index (χ2v) is 8.51. The number of hydrogen-bond acceptors (Lipinski definition) is 4. The van der Waals surface area contributed by atoms with Crippen molar-refractivity contribution in [2.24, 2.45) is 0 Å². The number of halogens is 1. The molecule has 1 saturated heterocycles. The molecule has 146 valence electrons. The maximum Gasteiger partial charge on any atom is 0.300 e. The molecule has 0 spiro atoms. The Hall–Kier alpha value is -2.18. The predicted molar refractivity (Wildman–Crippen MR) is 115 cm³/mol. The Balaban J connectivity index is 1.42. The van der Waals surface area contributed by atoms with Crippen molar-refractivity contribution >= 4 is 39.0 Å². The van der Waals surface area contributed by atoms with Crippen LogP contribution >= 0.6 is 15.9 Å². The molecule has 1 amide bonds. The van der Waals surface area contributed by atoms with E-state index in [-0.39, 0.29) is 0 Å². The standard InChI is InChI=1S/C22H24BrN3O2/c1-24(14-16-5-8-18(9-6-16)25-11-3-2-4-12-25)15-26-20-13-17(23)7-10-19(20)21(27)22(26)28/h5-10,13H,2-4,11-12,14-15H2,1H3. The molecule has 2 aromatic carbocycles. The van der Waals surface area contributed by atoms with E-state index in [1.54, 1.807) is 17.0 Å². The molecular formula is C22H24BrN3O2. The number of anilines is 2. The zero-order valence-corrected chi connectivity index (χ0v) is 17.6. The fourth-order valence-corrected chi connectivity index (χ4v) is 4.32. The molecule has 28 heavy (non-hydrogen) atoms. The molecule has 0 saturated carbocycles. The summed E-state index contributed by atoms with van der Waals surface area (Å²) in [6.07, 6.45) is 3.87. The Bertz CT molecular complexity index is 891. The minimum atomic E-state index is -0.458. The van der Waals surface area contributed by atoms with Gasteiger partial charge in [-0.05, 0) is 62.2 Å². The Kier molecular flexibility index (Phi) is 5.51. The lowest BCUT2D eigenvalue weighted by Gasteiger charge is -2.29. The van der Waals surface area contributed by atoms with Gasteiger partial charge in [-0.2, -0.15) is 0 Å². The van der Waals surface area contributed by atoms with Crippen LogP contribution in [0.15, 0.2) is 46.9 Å². The summed E-state index contributed by atoms with van der Waals surface area (Å²) in [5.41, 5.74) is 3.63. The Morgan fingerprint density at radius 2 is 1.71 bits per heavy atom.